The van der Waals surface area contributed by atoms with Crippen molar-refractivity contribution in [3.8, 4) is 0 Å². The quantitative estimate of drug-likeness (QED) is 0.533. The van der Waals surface area contributed by atoms with E-state index in [1.807, 2.05) is 18.2 Å². The van der Waals surface area contributed by atoms with Crippen LogP contribution in [0.3, 0.4) is 0 Å². The summed E-state index contributed by atoms with van der Waals surface area (Å²) in [5.74, 6) is 0. The number of phosphoric ester groups is 1. The molecule has 6 heteroatoms. The average Bonchev–Trinajstić information content (AvgIpc) is 2.68. The maximum absolute atomic E-state index is 11.9. The number of aliphatic hydroxyl groups excluding tert-OH is 1. The van der Waals surface area contributed by atoms with Crippen LogP contribution in [0.15, 0.2) is 91.0 Å². The molecular weight excluding hydrogens is 363 g/mol. The lowest BCUT2D eigenvalue weighted by Gasteiger charge is -2.36. The molecule has 0 fully saturated rings. The maximum Gasteiger partial charge on any atom is 0.470 e. The molecular formula is C21H21O5P. The monoisotopic (exact) mass is 384 g/mol. The van der Waals surface area contributed by atoms with Gasteiger partial charge in [0.15, 0.2) is 0 Å². The van der Waals surface area contributed by atoms with Crippen LogP contribution in [0, 0.1) is 0 Å². The average molecular weight is 384 g/mol. The summed E-state index contributed by atoms with van der Waals surface area (Å²) in [5.41, 5.74) is 0.226. The highest BCUT2D eigenvalue weighted by Gasteiger charge is 2.43. The molecule has 1 unspecified atom stereocenters. The van der Waals surface area contributed by atoms with Crippen molar-refractivity contribution in [3.05, 3.63) is 108 Å². The van der Waals surface area contributed by atoms with Gasteiger partial charge >= 0.3 is 7.82 Å². The van der Waals surface area contributed by atoms with E-state index in [0.717, 1.165) is 0 Å². The molecule has 0 saturated carbocycles. The second kappa shape index (κ2) is 8.17. The van der Waals surface area contributed by atoms with Gasteiger partial charge < -0.3 is 14.9 Å². The smallest absolute Gasteiger partial charge is 0.388 e. The van der Waals surface area contributed by atoms with Crippen LogP contribution >= 0.6 is 7.82 Å². The van der Waals surface area contributed by atoms with Crippen LogP contribution in [0.4, 0.5) is 0 Å². The third-order valence-corrected chi connectivity index (χ3v) is 4.97. The number of hydrogen-bond acceptors (Lipinski definition) is 3. The minimum absolute atomic E-state index is 0.0594. The van der Waals surface area contributed by atoms with Crippen molar-refractivity contribution >= 4 is 7.82 Å². The lowest BCUT2D eigenvalue weighted by atomic mass is 9.80. The molecule has 0 aliphatic rings. The van der Waals surface area contributed by atoms with Gasteiger partial charge in [-0.1, -0.05) is 91.0 Å². The lowest BCUT2D eigenvalue weighted by molar-refractivity contribution is 0.0143. The summed E-state index contributed by atoms with van der Waals surface area (Å²) in [5, 5.41) is 10.8. The van der Waals surface area contributed by atoms with Gasteiger partial charge in [-0.2, -0.15) is 0 Å². The van der Waals surface area contributed by atoms with Crippen molar-refractivity contribution in [2.75, 3.05) is 0 Å². The summed E-state index contributed by atoms with van der Waals surface area (Å²) in [4.78, 5) is 19.3. The molecule has 0 heterocycles. The van der Waals surface area contributed by atoms with E-state index in [2.05, 4.69) is 0 Å². The number of phosphoric acid groups is 1. The van der Waals surface area contributed by atoms with Crippen LogP contribution in [-0.2, 0) is 14.7 Å². The molecule has 0 saturated heterocycles. The molecule has 0 amide bonds. The molecule has 140 valence electrons. The van der Waals surface area contributed by atoms with Gasteiger partial charge in [-0.25, -0.2) is 4.57 Å². The van der Waals surface area contributed by atoms with E-state index >= 15 is 0 Å². The molecule has 0 bridgehead atoms. The van der Waals surface area contributed by atoms with Crippen molar-refractivity contribution in [1.82, 2.24) is 0 Å². The molecule has 5 nitrogen and oxygen atoms in total. The molecule has 0 radical (unpaired) electrons. The van der Waals surface area contributed by atoms with Crippen LogP contribution < -0.4 is 0 Å². The van der Waals surface area contributed by atoms with E-state index in [0.29, 0.717) is 16.7 Å². The second-order valence-electron chi connectivity index (χ2n) is 6.27. The molecule has 3 aromatic carbocycles. The third-order valence-electron chi connectivity index (χ3n) is 4.42. The van der Waals surface area contributed by atoms with E-state index in [-0.39, 0.29) is 6.42 Å². The van der Waals surface area contributed by atoms with Crippen LogP contribution in [0.2, 0.25) is 0 Å². The standard InChI is InChI=1S/C21H21O5P/c22-20(17-10-4-1-5-11-17)16-21(26-27(23,24)25,18-12-6-2-7-13-18)19-14-8-3-9-15-19/h1-15,20,22H,16H2,(H2,23,24,25). The van der Waals surface area contributed by atoms with Crippen molar-refractivity contribution in [1.29, 1.82) is 0 Å². The van der Waals surface area contributed by atoms with E-state index in [1.165, 1.54) is 0 Å². The highest BCUT2D eigenvalue weighted by molar-refractivity contribution is 7.46. The van der Waals surface area contributed by atoms with Gasteiger partial charge in [-0.3, -0.25) is 4.52 Å². The first-order valence-corrected chi connectivity index (χ1v) is 10.0. The molecule has 3 N–H and O–H groups in total. The van der Waals surface area contributed by atoms with Crippen molar-refractivity contribution < 1.29 is 24.0 Å². The number of hydrogen-bond donors (Lipinski definition) is 3. The number of aliphatic hydroxyl groups is 1. The van der Waals surface area contributed by atoms with Gasteiger partial charge in [-0.05, 0) is 16.7 Å². The first-order chi connectivity index (χ1) is 12.9. The van der Waals surface area contributed by atoms with E-state index in [1.54, 1.807) is 72.8 Å². The minimum Gasteiger partial charge on any atom is -0.388 e. The summed E-state index contributed by atoms with van der Waals surface area (Å²) in [6.07, 6.45) is -1.05. The fourth-order valence-corrected chi connectivity index (χ4v) is 3.92. The molecule has 1 atom stereocenters. The highest BCUT2D eigenvalue weighted by atomic mass is 31.2. The third kappa shape index (κ3) is 4.72. The fraction of sp³-hybridized carbons (Fsp3) is 0.143. The Kier molecular flexibility index (Phi) is 5.90. The summed E-state index contributed by atoms with van der Waals surface area (Å²) in [7, 11) is -4.88. The molecule has 0 aliphatic heterocycles. The first kappa shape index (κ1) is 19.5. The Labute approximate surface area is 158 Å². The molecule has 3 aromatic rings. The first-order valence-electron chi connectivity index (χ1n) is 8.51. The van der Waals surface area contributed by atoms with Gasteiger partial charge in [0.05, 0.1) is 6.10 Å². The lowest BCUT2D eigenvalue weighted by Crippen LogP contribution is -2.32. The Hall–Kier alpha value is -2.27. The highest BCUT2D eigenvalue weighted by Crippen LogP contribution is 2.52. The van der Waals surface area contributed by atoms with Crippen LogP contribution in [0.1, 0.15) is 29.2 Å². The Balaban J connectivity index is 2.15. The second-order valence-corrected chi connectivity index (χ2v) is 7.44. The normalized spacial score (nSPS) is 13.3. The maximum atomic E-state index is 11.9. The molecule has 27 heavy (non-hydrogen) atoms. The van der Waals surface area contributed by atoms with Crippen LogP contribution in [0.5, 0.6) is 0 Å². The van der Waals surface area contributed by atoms with Crippen molar-refractivity contribution in [2.24, 2.45) is 0 Å². The zero-order valence-corrected chi connectivity index (χ0v) is 15.4. The molecule has 0 aliphatic carbocycles. The van der Waals surface area contributed by atoms with E-state index in [9.17, 15) is 19.5 Å². The Bertz CT molecular complexity index is 854. The molecule has 0 aromatic heterocycles. The van der Waals surface area contributed by atoms with Crippen molar-refractivity contribution in [2.45, 2.75) is 18.1 Å². The Morgan fingerprint density at radius 3 is 1.59 bits per heavy atom. The van der Waals surface area contributed by atoms with Gasteiger partial charge in [0, 0.05) is 6.42 Å². The van der Waals surface area contributed by atoms with E-state index < -0.39 is 19.5 Å². The largest absolute Gasteiger partial charge is 0.470 e. The van der Waals surface area contributed by atoms with Crippen LogP contribution in [-0.4, -0.2) is 14.9 Å². The van der Waals surface area contributed by atoms with Crippen LogP contribution in [0.25, 0.3) is 0 Å². The number of rotatable bonds is 7. The number of benzene rings is 3. The van der Waals surface area contributed by atoms with Gasteiger partial charge in [-0.15, -0.1) is 0 Å². The molecule has 3 rings (SSSR count). The zero-order valence-electron chi connectivity index (χ0n) is 14.6. The summed E-state index contributed by atoms with van der Waals surface area (Å²) >= 11 is 0. The molecule has 0 spiro atoms. The van der Waals surface area contributed by atoms with Gasteiger partial charge in [0.1, 0.15) is 5.60 Å². The van der Waals surface area contributed by atoms with Crippen molar-refractivity contribution in [3.63, 3.8) is 0 Å². The van der Waals surface area contributed by atoms with E-state index in [4.69, 9.17) is 4.52 Å². The SMILES string of the molecule is O=P(O)(O)OC(CC(O)c1ccccc1)(c1ccccc1)c1ccccc1. The summed E-state index contributed by atoms with van der Waals surface area (Å²) < 4.78 is 17.3. The summed E-state index contributed by atoms with van der Waals surface area (Å²) in [6.45, 7) is 0. The minimum atomic E-state index is -4.88. The Morgan fingerprint density at radius 1 is 0.778 bits per heavy atom. The zero-order chi connectivity index (χ0) is 19.3. The Morgan fingerprint density at radius 2 is 1.19 bits per heavy atom. The van der Waals surface area contributed by atoms with Gasteiger partial charge in [0.25, 0.3) is 0 Å². The predicted octanol–water partition coefficient (Wildman–Crippen LogP) is 4.16. The summed E-state index contributed by atoms with van der Waals surface area (Å²) in [6, 6.07) is 26.6. The predicted molar refractivity (Wildman–Crippen MR) is 103 cm³/mol. The topological polar surface area (TPSA) is 87.0 Å². The fourth-order valence-electron chi connectivity index (χ4n) is 3.23. The van der Waals surface area contributed by atoms with Gasteiger partial charge in [0.2, 0.25) is 0 Å².